The van der Waals surface area contributed by atoms with Crippen molar-refractivity contribution in [3.63, 3.8) is 0 Å². The van der Waals surface area contributed by atoms with Crippen LogP contribution in [0.5, 0.6) is 0 Å². The Morgan fingerprint density at radius 2 is 2.29 bits per heavy atom. The monoisotopic (exact) mass is 321 g/mol. The molecule has 0 spiro atoms. The van der Waals surface area contributed by atoms with Gasteiger partial charge >= 0.3 is 5.97 Å². The van der Waals surface area contributed by atoms with Gasteiger partial charge in [-0.2, -0.15) is 0 Å². The smallest absolute Gasteiger partial charge is 0.357 e. The minimum Gasteiger partial charge on any atom is -0.461 e. The number of nitrogens with zero attached hydrogens (tertiary/aromatic N) is 1. The molecule has 14 heavy (non-hydrogen) atoms. The van der Waals surface area contributed by atoms with E-state index in [1.807, 2.05) is 6.07 Å². The van der Waals surface area contributed by atoms with Crippen LogP contribution in [0.2, 0.25) is 0 Å². The van der Waals surface area contributed by atoms with E-state index in [-0.39, 0.29) is 5.97 Å². The fraction of sp³-hybridized carbons (Fsp3) is 0.333. The maximum absolute atomic E-state index is 11.5. The van der Waals surface area contributed by atoms with E-state index in [2.05, 4.69) is 36.8 Å². The van der Waals surface area contributed by atoms with Gasteiger partial charge in [0.1, 0.15) is 4.60 Å². The lowest BCUT2D eigenvalue weighted by molar-refractivity contribution is 0.0518. The summed E-state index contributed by atoms with van der Waals surface area (Å²) in [4.78, 5) is 15.5. The Kier molecular flexibility index (Phi) is 4.54. The number of ether oxygens (including phenoxy) is 1. The minimum atomic E-state index is -0.386. The second kappa shape index (κ2) is 5.46. The van der Waals surface area contributed by atoms with Crippen molar-refractivity contribution in [2.24, 2.45) is 0 Å². The first-order chi connectivity index (χ1) is 6.69. The molecule has 0 aliphatic carbocycles. The molecule has 0 aromatic carbocycles. The maximum atomic E-state index is 11.5. The van der Waals surface area contributed by atoms with E-state index in [0.717, 1.165) is 5.56 Å². The van der Waals surface area contributed by atoms with Gasteiger partial charge in [-0.15, -0.1) is 0 Å². The van der Waals surface area contributed by atoms with Crippen LogP contribution in [0.3, 0.4) is 0 Å². The predicted molar refractivity (Wildman–Crippen MR) is 60.5 cm³/mol. The van der Waals surface area contributed by atoms with E-state index in [0.29, 0.717) is 22.2 Å². The maximum Gasteiger partial charge on any atom is 0.357 e. The molecule has 1 aromatic rings. The van der Waals surface area contributed by atoms with Crippen molar-refractivity contribution in [3.8, 4) is 0 Å². The third kappa shape index (κ3) is 2.78. The Morgan fingerprint density at radius 1 is 1.57 bits per heavy atom. The minimum absolute atomic E-state index is 0.356. The lowest BCUT2D eigenvalue weighted by atomic mass is 10.2. The number of carbonyl (C=O) groups excluding carboxylic acids is 1. The average Bonchev–Trinajstić information content (AvgIpc) is 2.18. The highest BCUT2D eigenvalue weighted by atomic mass is 79.9. The van der Waals surface area contributed by atoms with Gasteiger partial charge in [0.25, 0.3) is 0 Å². The first kappa shape index (κ1) is 11.7. The fourth-order valence-corrected chi connectivity index (χ4v) is 1.71. The van der Waals surface area contributed by atoms with Crippen LogP contribution in [-0.2, 0) is 10.1 Å². The molecular weight excluding hydrogens is 314 g/mol. The van der Waals surface area contributed by atoms with Crippen molar-refractivity contribution >= 4 is 37.8 Å². The molecule has 0 atom stereocenters. The number of hydrogen-bond donors (Lipinski definition) is 0. The Hall–Kier alpha value is -0.420. The number of carbonyl (C=O) groups is 1. The molecule has 0 saturated carbocycles. The number of halogens is 2. The summed E-state index contributed by atoms with van der Waals surface area (Å²) in [6, 6.07) is 3.62. The van der Waals surface area contributed by atoms with Gasteiger partial charge < -0.3 is 4.74 Å². The number of esters is 1. The summed E-state index contributed by atoms with van der Waals surface area (Å²) in [6.07, 6.45) is 0. The van der Waals surface area contributed by atoms with E-state index in [1.54, 1.807) is 13.0 Å². The number of aromatic nitrogens is 1. The van der Waals surface area contributed by atoms with Crippen LogP contribution in [0, 0.1) is 0 Å². The Labute approximate surface area is 99.1 Å². The van der Waals surface area contributed by atoms with Crippen LogP contribution in [0.15, 0.2) is 16.7 Å². The Balaban J connectivity index is 3.03. The predicted octanol–water partition coefficient (Wildman–Crippen LogP) is 2.92. The molecule has 0 fully saturated rings. The highest BCUT2D eigenvalue weighted by Gasteiger charge is 2.13. The SMILES string of the molecule is CCOC(=O)c1nc(Br)ccc1CBr. The highest BCUT2D eigenvalue weighted by Crippen LogP contribution is 2.15. The summed E-state index contributed by atoms with van der Waals surface area (Å²) in [6.45, 7) is 2.12. The molecule has 3 nitrogen and oxygen atoms in total. The molecule has 1 rings (SSSR count). The molecule has 0 amide bonds. The zero-order chi connectivity index (χ0) is 10.6. The van der Waals surface area contributed by atoms with Gasteiger partial charge in [-0.3, -0.25) is 0 Å². The van der Waals surface area contributed by atoms with Crippen LogP contribution < -0.4 is 0 Å². The van der Waals surface area contributed by atoms with Crippen molar-refractivity contribution in [2.45, 2.75) is 12.3 Å². The van der Waals surface area contributed by atoms with Gasteiger partial charge in [0, 0.05) is 5.33 Å². The molecule has 1 heterocycles. The topological polar surface area (TPSA) is 39.2 Å². The molecule has 0 N–H and O–H groups in total. The molecule has 0 aliphatic rings. The molecule has 5 heteroatoms. The summed E-state index contributed by atoms with van der Waals surface area (Å²) in [7, 11) is 0. The van der Waals surface area contributed by atoms with Gasteiger partial charge in [0.2, 0.25) is 0 Å². The quantitative estimate of drug-likeness (QED) is 0.488. The summed E-state index contributed by atoms with van der Waals surface area (Å²) < 4.78 is 5.51. The largest absolute Gasteiger partial charge is 0.461 e. The third-order valence-electron chi connectivity index (χ3n) is 1.56. The number of rotatable bonds is 3. The van der Waals surface area contributed by atoms with E-state index < -0.39 is 0 Å². The highest BCUT2D eigenvalue weighted by molar-refractivity contribution is 9.10. The normalized spacial score (nSPS) is 9.93. The second-order valence-electron chi connectivity index (χ2n) is 2.50. The van der Waals surface area contributed by atoms with Crippen LogP contribution in [0.1, 0.15) is 23.0 Å². The van der Waals surface area contributed by atoms with Crippen molar-refractivity contribution < 1.29 is 9.53 Å². The molecule has 76 valence electrons. The van der Waals surface area contributed by atoms with Crippen LogP contribution in [0.25, 0.3) is 0 Å². The molecule has 0 bridgehead atoms. The van der Waals surface area contributed by atoms with Crippen LogP contribution in [-0.4, -0.2) is 17.6 Å². The first-order valence-electron chi connectivity index (χ1n) is 4.07. The fourth-order valence-electron chi connectivity index (χ4n) is 0.948. The van der Waals surface area contributed by atoms with Crippen molar-refractivity contribution in [2.75, 3.05) is 6.61 Å². The van der Waals surface area contributed by atoms with Gasteiger partial charge in [-0.1, -0.05) is 22.0 Å². The molecule has 1 aromatic heterocycles. The van der Waals surface area contributed by atoms with E-state index in [9.17, 15) is 4.79 Å². The lowest BCUT2D eigenvalue weighted by Gasteiger charge is -2.05. The van der Waals surface area contributed by atoms with Crippen molar-refractivity contribution in [3.05, 3.63) is 28.0 Å². The van der Waals surface area contributed by atoms with Gasteiger partial charge in [0.05, 0.1) is 6.61 Å². The van der Waals surface area contributed by atoms with E-state index in [4.69, 9.17) is 4.74 Å². The van der Waals surface area contributed by atoms with Gasteiger partial charge in [-0.25, -0.2) is 9.78 Å². The van der Waals surface area contributed by atoms with Crippen LogP contribution >= 0.6 is 31.9 Å². The average molecular weight is 323 g/mol. The second-order valence-corrected chi connectivity index (χ2v) is 3.87. The molecule has 0 radical (unpaired) electrons. The molecular formula is C9H9Br2NO2. The molecule has 0 aliphatic heterocycles. The van der Waals surface area contributed by atoms with Gasteiger partial charge in [0.15, 0.2) is 5.69 Å². The first-order valence-corrected chi connectivity index (χ1v) is 5.99. The molecule has 0 unspecified atom stereocenters. The summed E-state index contributed by atoms with van der Waals surface area (Å²) in [5.41, 5.74) is 1.18. The zero-order valence-electron chi connectivity index (χ0n) is 7.59. The van der Waals surface area contributed by atoms with Crippen molar-refractivity contribution in [1.82, 2.24) is 4.98 Å². The van der Waals surface area contributed by atoms with Crippen LogP contribution in [0.4, 0.5) is 0 Å². The van der Waals surface area contributed by atoms with Crippen molar-refractivity contribution in [1.29, 1.82) is 0 Å². The third-order valence-corrected chi connectivity index (χ3v) is 2.60. The number of hydrogen-bond acceptors (Lipinski definition) is 3. The van der Waals surface area contributed by atoms with E-state index >= 15 is 0 Å². The number of alkyl halides is 1. The summed E-state index contributed by atoms with van der Waals surface area (Å²) >= 11 is 6.50. The standard InChI is InChI=1S/C9H9Br2NO2/c1-2-14-9(13)8-6(5-10)3-4-7(11)12-8/h3-4H,2,5H2,1H3. The zero-order valence-corrected chi connectivity index (χ0v) is 10.8. The Bertz CT molecular complexity index is 342. The number of pyridine rings is 1. The summed E-state index contributed by atoms with van der Waals surface area (Å²) in [5.74, 6) is -0.386. The summed E-state index contributed by atoms with van der Waals surface area (Å²) in [5, 5.41) is 0.585. The lowest BCUT2D eigenvalue weighted by Crippen LogP contribution is -2.10. The Morgan fingerprint density at radius 3 is 2.86 bits per heavy atom. The van der Waals surface area contributed by atoms with E-state index in [1.165, 1.54) is 0 Å². The van der Waals surface area contributed by atoms with Gasteiger partial charge in [-0.05, 0) is 34.5 Å². The molecule has 0 saturated heterocycles.